The van der Waals surface area contributed by atoms with Gasteiger partial charge in [-0.3, -0.25) is 9.52 Å². The lowest BCUT2D eigenvalue weighted by atomic mass is 10.1. The molecule has 0 aliphatic rings. The van der Waals surface area contributed by atoms with Gasteiger partial charge in [-0.25, -0.2) is 8.42 Å². The molecule has 25 heavy (non-hydrogen) atoms. The van der Waals surface area contributed by atoms with Crippen molar-refractivity contribution < 1.29 is 13.2 Å². The summed E-state index contributed by atoms with van der Waals surface area (Å²) in [5.74, 6) is -0.142. The van der Waals surface area contributed by atoms with E-state index in [0.29, 0.717) is 23.4 Å². The lowest BCUT2D eigenvalue weighted by Crippen LogP contribution is -2.24. The van der Waals surface area contributed by atoms with Gasteiger partial charge < -0.3 is 5.32 Å². The van der Waals surface area contributed by atoms with E-state index in [2.05, 4.69) is 17.0 Å². The third kappa shape index (κ3) is 5.32. The summed E-state index contributed by atoms with van der Waals surface area (Å²) in [5, 5.41) is 2.88. The van der Waals surface area contributed by atoms with Gasteiger partial charge in [-0.05, 0) is 49.2 Å². The fourth-order valence-corrected chi connectivity index (χ4v) is 3.55. The molecule has 5 nitrogen and oxygen atoms in total. The van der Waals surface area contributed by atoms with Crippen molar-refractivity contribution in [2.45, 2.75) is 38.0 Å². The van der Waals surface area contributed by atoms with Gasteiger partial charge in [-0.15, -0.1) is 0 Å². The van der Waals surface area contributed by atoms with Crippen LogP contribution >= 0.6 is 0 Å². The number of rotatable bonds is 8. The lowest BCUT2D eigenvalue weighted by Gasteiger charge is -2.12. The second-order valence-corrected chi connectivity index (χ2v) is 7.59. The minimum absolute atomic E-state index is 0.142. The molecule has 0 saturated carbocycles. The molecule has 0 fully saturated rings. The number of aryl methyl sites for hydroxylation is 1. The van der Waals surface area contributed by atoms with Crippen LogP contribution < -0.4 is 10.0 Å². The molecule has 0 aliphatic carbocycles. The molecule has 0 radical (unpaired) electrons. The number of carbonyl (C=O) groups is 1. The minimum Gasteiger partial charge on any atom is -0.352 e. The van der Waals surface area contributed by atoms with Crippen LogP contribution in [-0.2, 0) is 10.0 Å². The summed E-state index contributed by atoms with van der Waals surface area (Å²) < 4.78 is 27.3. The van der Waals surface area contributed by atoms with Gasteiger partial charge in [0.2, 0.25) is 0 Å². The SMILES string of the molecule is CCCCCNC(=O)c1ccc(NS(=O)(=O)c2ccccc2)c(C)c1. The highest BCUT2D eigenvalue weighted by molar-refractivity contribution is 7.92. The van der Waals surface area contributed by atoms with Crippen LogP contribution in [0.1, 0.15) is 42.1 Å². The Labute approximate surface area is 149 Å². The number of hydrogen-bond donors (Lipinski definition) is 2. The first-order valence-corrected chi connectivity index (χ1v) is 9.89. The zero-order valence-corrected chi connectivity index (χ0v) is 15.4. The highest BCUT2D eigenvalue weighted by Gasteiger charge is 2.15. The summed E-state index contributed by atoms with van der Waals surface area (Å²) in [5.41, 5.74) is 1.68. The molecular formula is C19H24N2O3S. The van der Waals surface area contributed by atoms with Crippen LogP contribution in [0.15, 0.2) is 53.4 Å². The third-order valence-electron chi connectivity index (χ3n) is 3.85. The smallest absolute Gasteiger partial charge is 0.261 e. The molecule has 2 aromatic carbocycles. The molecule has 0 unspecified atom stereocenters. The monoisotopic (exact) mass is 360 g/mol. The van der Waals surface area contributed by atoms with Crippen LogP contribution in [0, 0.1) is 6.92 Å². The average molecular weight is 360 g/mol. The fourth-order valence-electron chi connectivity index (χ4n) is 2.40. The lowest BCUT2D eigenvalue weighted by molar-refractivity contribution is 0.0953. The third-order valence-corrected chi connectivity index (χ3v) is 5.23. The maximum absolute atomic E-state index is 12.4. The Morgan fingerprint density at radius 2 is 1.76 bits per heavy atom. The summed E-state index contributed by atoms with van der Waals surface area (Å²) in [6.07, 6.45) is 3.14. The van der Waals surface area contributed by atoms with Crippen LogP contribution in [0.2, 0.25) is 0 Å². The molecule has 134 valence electrons. The van der Waals surface area contributed by atoms with Gasteiger partial charge in [0.15, 0.2) is 0 Å². The molecule has 0 aliphatic heterocycles. The van der Waals surface area contributed by atoms with Crippen molar-refractivity contribution in [3.63, 3.8) is 0 Å². The van der Waals surface area contributed by atoms with E-state index in [-0.39, 0.29) is 10.8 Å². The molecule has 0 spiro atoms. The first-order chi connectivity index (χ1) is 11.9. The Morgan fingerprint density at radius 1 is 1.04 bits per heavy atom. The van der Waals surface area contributed by atoms with Crippen molar-refractivity contribution in [1.29, 1.82) is 0 Å². The van der Waals surface area contributed by atoms with Crippen molar-refractivity contribution in [1.82, 2.24) is 5.32 Å². The van der Waals surface area contributed by atoms with Crippen molar-refractivity contribution in [2.75, 3.05) is 11.3 Å². The van der Waals surface area contributed by atoms with Gasteiger partial charge >= 0.3 is 0 Å². The van der Waals surface area contributed by atoms with Crippen molar-refractivity contribution >= 4 is 21.6 Å². The summed E-state index contributed by atoms with van der Waals surface area (Å²) in [7, 11) is -3.64. The molecule has 2 rings (SSSR count). The van der Waals surface area contributed by atoms with Gasteiger partial charge in [0.05, 0.1) is 10.6 Å². The standard InChI is InChI=1S/C19H24N2O3S/c1-3-4-8-13-20-19(22)16-11-12-18(15(2)14-16)21-25(23,24)17-9-6-5-7-10-17/h5-7,9-12,14,21H,3-4,8,13H2,1-2H3,(H,20,22). The van der Waals surface area contributed by atoms with Gasteiger partial charge in [0.25, 0.3) is 15.9 Å². The number of carbonyl (C=O) groups excluding carboxylic acids is 1. The summed E-state index contributed by atoms with van der Waals surface area (Å²) in [4.78, 5) is 12.3. The number of benzene rings is 2. The number of hydrogen-bond acceptors (Lipinski definition) is 3. The fraction of sp³-hybridized carbons (Fsp3) is 0.316. The second-order valence-electron chi connectivity index (χ2n) is 5.91. The number of unbranched alkanes of at least 4 members (excludes halogenated alkanes) is 2. The highest BCUT2D eigenvalue weighted by Crippen LogP contribution is 2.21. The normalized spacial score (nSPS) is 11.1. The molecule has 0 heterocycles. The average Bonchev–Trinajstić information content (AvgIpc) is 2.61. The van der Waals surface area contributed by atoms with Crippen LogP contribution in [0.4, 0.5) is 5.69 Å². The van der Waals surface area contributed by atoms with E-state index in [1.54, 1.807) is 43.3 Å². The topological polar surface area (TPSA) is 75.3 Å². The van der Waals surface area contributed by atoms with Crippen LogP contribution in [0.3, 0.4) is 0 Å². The molecule has 1 amide bonds. The van der Waals surface area contributed by atoms with E-state index < -0.39 is 10.0 Å². The predicted octanol–water partition coefficient (Wildman–Crippen LogP) is 3.72. The predicted molar refractivity (Wildman–Crippen MR) is 100 cm³/mol. The van der Waals surface area contributed by atoms with Gasteiger partial charge in [-0.2, -0.15) is 0 Å². The molecule has 6 heteroatoms. The Morgan fingerprint density at radius 3 is 2.40 bits per heavy atom. The molecule has 0 bridgehead atoms. The summed E-state index contributed by atoms with van der Waals surface area (Å²) in [6, 6.07) is 13.1. The summed E-state index contributed by atoms with van der Waals surface area (Å²) in [6.45, 7) is 4.53. The maximum atomic E-state index is 12.4. The molecule has 0 atom stereocenters. The second kappa shape index (κ2) is 8.67. The number of nitrogens with one attached hydrogen (secondary N) is 2. The largest absolute Gasteiger partial charge is 0.352 e. The molecule has 2 aromatic rings. The van der Waals surface area contributed by atoms with Gasteiger partial charge in [0, 0.05) is 12.1 Å². The van der Waals surface area contributed by atoms with E-state index in [9.17, 15) is 13.2 Å². The van der Waals surface area contributed by atoms with Crippen molar-refractivity contribution in [3.05, 3.63) is 59.7 Å². The van der Waals surface area contributed by atoms with E-state index in [4.69, 9.17) is 0 Å². The highest BCUT2D eigenvalue weighted by atomic mass is 32.2. The van der Waals surface area contributed by atoms with E-state index in [1.807, 2.05) is 0 Å². The Kier molecular flexibility index (Phi) is 6.58. The van der Waals surface area contributed by atoms with Gasteiger partial charge in [-0.1, -0.05) is 38.0 Å². The number of sulfonamides is 1. The Balaban J connectivity index is 2.08. The Hall–Kier alpha value is -2.34. The molecule has 0 saturated heterocycles. The van der Waals surface area contributed by atoms with Crippen molar-refractivity contribution in [2.24, 2.45) is 0 Å². The molecule has 2 N–H and O–H groups in total. The van der Waals surface area contributed by atoms with E-state index in [1.165, 1.54) is 12.1 Å². The minimum atomic E-state index is -3.64. The van der Waals surface area contributed by atoms with Crippen LogP contribution in [0.5, 0.6) is 0 Å². The van der Waals surface area contributed by atoms with Crippen LogP contribution in [-0.4, -0.2) is 20.9 Å². The number of anilines is 1. The zero-order valence-electron chi connectivity index (χ0n) is 14.6. The molecule has 0 aromatic heterocycles. The zero-order chi connectivity index (χ0) is 18.3. The van der Waals surface area contributed by atoms with Crippen molar-refractivity contribution in [3.8, 4) is 0 Å². The maximum Gasteiger partial charge on any atom is 0.261 e. The van der Waals surface area contributed by atoms with E-state index >= 15 is 0 Å². The van der Waals surface area contributed by atoms with Crippen LogP contribution in [0.25, 0.3) is 0 Å². The Bertz CT molecular complexity index is 818. The summed E-state index contributed by atoms with van der Waals surface area (Å²) >= 11 is 0. The first-order valence-electron chi connectivity index (χ1n) is 8.41. The van der Waals surface area contributed by atoms with Gasteiger partial charge in [0.1, 0.15) is 0 Å². The quantitative estimate of drug-likeness (QED) is 0.705. The molecular weight excluding hydrogens is 336 g/mol. The number of amides is 1. The van der Waals surface area contributed by atoms with E-state index in [0.717, 1.165) is 19.3 Å². The first kappa shape index (κ1) is 19.0.